The standard InChI is InChI=1S/C21H21F4N5O3/c22-15-7-5-14(6-8-15)19(32)27-28-20(33)30-11-9-29(10-12-30)13-18(31)26-17-4-2-1-3-16(17)21(23,24)25/h1-8H,9-13H2,(H,26,31)(H,27,32)(H,28,33). The van der Waals surface area contributed by atoms with Crippen molar-refractivity contribution < 1.29 is 31.9 Å². The molecule has 3 N–H and O–H groups in total. The Morgan fingerprint density at radius 1 is 0.879 bits per heavy atom. The van der Waals surface area contributed by atoms with E-state index in [1.54, 1.807) is 4.90 Å². The molecular formula is C21H21F4N5O3. The number of hydrogen-bond donors (Lipinski definition) is 3. The van der Waals surface area contributed by atoms with Gasteiger partial charge in [0.25, 0.3) is 5.91 Å². The number of carbonyl (C=O) groups is 3. The fourth-order valence-electron chi connectivity index (χ4n) is 3.20. The Balaban J connectivity index is 1.43. The van der Waals surface area contributed by atoms with E-state index in [4.69, 9.17) is 0 Å². The molecule has 0 atom stereocenters. The summed E-state index contributed by atoms with van der Waals surface area (Å²) in [7, 11) is 0. The number of carbonyl (C=O) groups excluding carboxylic acids is 3. The van der Waals surface area contributed by atoms with Crippen LogP contribution >= 0.6 is 0 Å². The molecule has 0 aromatic heterocycles. The van der Waals surface area contributed by atoms with Gasteiger partial charge in [0, 0.05) is 31.7 Å². The number of nitrogens with one attached hydrogen (secondary N) is 3. The van der Waals surface area contributed by atoms with E-state index in [0.29, 0.717) is 13.1 Å². The highest BCUT2D eigenvalue weighted by atomic mass is 19.4. The zero-order chi connectivity index (χ0) is 24.0. The molecule has 0 bridgehead atoms. The monoisotopic (exact) mass is 467 g/mol. The van der Waals surface area contributed by atoms with Gasteiger partial charge in [-0.25, -0.2) is 14.6 Å². The normalized spacial score (nSPS) is 14.5. The molecule has 0 aliphatic carbocycles. The van der Waals surface area contributed by atoms with E-state index < -0.39 is 35.4 Å². The van der Waals surface area contributed by atoms with E-state index in [2.05, 4.69) is 16.2 Å². The zero-order valence-corrected chi connectivity index (χ0v) is 17.3. The minimum atomic E-state index is -4.59. The Bertz CT molecular complexity index is 1010. The molecule has 0 unspecified atom stereocenters. The lowest BCUT2D eigenvalue weighted by Crippen LogP contribution is -2.55. The first kappa shape index (κ1) is 24.0. The number of amides is 4. The molecule has 2 aromatic rings. The van der Waals surface area contributed by atoms with Crippen LogP contribution in [-0.2, 0) is 11.0 Å². The fourth-order valence-corrected chi connectivity index (χ4v) is 3.20. The highest BCUT2D eigenvalue weighted by Crippen LogP contribution is 2.34. The molecule has 0 saturated carbocycles. The largest absolute Gasteiger partial charge is 0.418 e. The number of alkyl halides is 3. The number of benzene rings is 2. The number of urea groups is 1. The minimum Gasteiger partial charge on any atom is -0.324 e. The SMILES string of the molecule is O=C(CN1CCN(C(=O)NNC(=O)c2ccc(F)cc2)CC1)Nc1ccccc1C(F)(F)F. The van der Waals surface area contributed by atoms with Crippen molar-refractivity contribution in [2.75, 3.05) is 38.0 Å². The van der Waals surface area contributed by atoms with Gasteiger partial charge in [-0.2, -0.15) is 13.2 Å². The van der Waals surface area contributed by atoms with Crippen molar-refractivity contribution >= 4 is 23.5 Å². The molecule has 3 rings (SSSR count). The third-order valence-corrected chi connectivity index (χ3v) is 4.92. The molecule has 4 amide bonds. The number of nitrogens with zero attached hydrogens (tertiary/aromatic N) is 2. The molecule has 1 aliphatic heterocycles. The Morgan fingerprint density at radius 3 is 2.15 bits per heavy atom. The Hall–Kier alpha value is -3.67. The van der Waals surface area contributed by atoms with Crippen LogP contribution in [0.15, 0.2) is 48.5 Å². The van der Waals surface area contributed by atoms with E-state index in [0.717, 1.165) is 18.2 Å². The van der Waals surface area contributed by atoms with Crippen molar-refractivity contribution in [3.05, 3.63) is 65.5 Å². The molecule has 0 spiro atoms. The molecule has 1 heterocycles. The third-order valence-electron chi connectivity index (χ3n) is 4.92. The lowest BCUT2D eigenvalue weighted by atomic mass is 10.1. The van der Waals surface area contributed by atoms with E-state index >= 15 is 0 Å². The second kappa shape index (κ2) is 10.3. The average Bonchev–Trinajstić information content (AvgIpc) is 2.78. The summed E-state index contributed by atoms with van der Waals surface area (Å²) in [6.45, 7) is 0.972. The fraction of sp³-hybridized carbons (Fsp3) is 0.286. The Kier molecular flexibility index (Phi) is 7.48. The first-order valence-corrected chi connectivity index (χ1v) is 9.93. The van der Waals surface area contributed by atoms with Crippen molar-refractivity contribution in [2.45, 2.75) is 6.18 Å². The molecule has 8 nitrogen and oxygen atoms in total. The van der Waals surface area contributed by atoms with Crippen LogP contribution in [0.1, 0.15) is 15.9 Å². The van der Waals surface area contributed by atoms with Crippen molar-refractivity contribution in [1.29, 1.82) is 0 Å². The summed E-state index contributed by atoms with van der Waals surface area (Å²) < 4.78 is 52.1. The predicted molar refractivity (Wildman–Crippen MR) is 110 cm³/mol. The van der Waals surface area contributed by atoms with Gasteiger partial charge in [-0.15, -0.1) is 0 Å². The van der Waals surface area contributed by atoms with E-state index in [9.17, 15) is 31.9 Å². The molecule has 33 heavy (non-hydrogen) atoms. The second-order valence-corrected chi connectivity index (χ2v) is 7.25. The highest BCUT2D eigenvalue weighted by Gasteiger charge is 2.33. The van der Waals surface area contributed by atoms with Gasteiger partial charge in [-0.1, -0.05) is 12.1 Å². The summed E-state index contributed by atoms with van der Waals surface area (Å²) in [5, 5.41) is 2.29. The van der Waals surface area contributed by atoms with Crippen LogP contribution in [0, 0.1) is 5.82 Å². The smallest absolute Gasteiger partial charge is 0.324 e. The van der Waals surface area contributed by atoms with E-state index in [-0.39, 0.29) is 30.9 Å². The molecular weight excluding hydrogens is 446 g/mol. The predicted octanol–water partition coefficient (Wildman–Crippen LogP) is 2.46. The van der Waals surface area contributed by atoms with Crippen molar-refractivity contribution in [3.8, 4) is 0 Å². The van der Waals surface area contributed by atoms with Crippen molar-refractivity contribution in [2.24, 2.45) is 0 Å². The van der Waals surface area contributed by atoms with Gasteiger partial charge >= 0.3 is 12.2 Å². The summed E-state index contributed by atoms with van der Waals surface area (Å²) >= 11 is 0. The van der Waals surface area contributed by atoms with Crippen LogP contribution in [0.2, 0.25) is 0 Å². The lowest BCUT2D eigenvalue weighted by Gasteiger charge is -2.34. The number of para-hydroxylation sites is 1. The maximum Gasteiger partial charge on any atom is 0.418 e. The minimum absolute atomic E-state index is 0.136. The Morgan fingerprint density at radius 2 is 1.52 bits per heavy atom. The van der Waals surface area contributed by atoms with Crippen LogP contribution in [0.5, 0.6) is 0 Å². The van der Waals surface area contributed by atoms with Crippen molar-refractivity contribution in [3.63, 3.8) is 0 Å². The maximum absolute atomic E-state index is 13.1. The zero-order valence-electron chi connectivity index (χ0n) is 17.3. The summed E-state index contributed by atoms with van der Waals surface area (Å²) in [5.74, 6) is -1.71. The average molecular weight is 467 g/mol. The first-order chi connectivity index (χ1) is 15.6. The molecule has 1 fully saturated rings. The van der Waals surface area contributed by atoms with Crippen molar-refractivity contribution in [1.82, 2.24) is 20.7 Å². The first-order valence-electron chi connectivity index (χ1n) is 9.93. The quantitative estimate of drug-likeness (QED) is 0.476. The van der Waals surface area contributed by atoms with E-state index in [1.165, 1.54) is 35.2 Å². The van der Waals surface area contributed by atoms with Crippen LogP contribution < -0.4 is 16.2 Å². The molecule has 176 valence electrons. The number of anilines is 1. The summed E-state index contributed by atoms with van der Waals surface area (Å²) in [4.78, 5) is 39.5. The number of hydrazine groups is 1. The van der Waals surface area contributed by atoms with Gasteiger partial charge in [0.2, 0.25) is 5.91 Å². The number of piperazine rings is 1. The van der Waals surface area contributed by atoms with Gasteiger partial charge in [-0.3, -0.25) is 19.9 Å². The second-order valence-electron chi connectivity index (χ2n) is 7.25. The number of halogens is 4. The third kappa shape index (κ3) is 6.65. The summed E-state index contributed by atoms with van der Waals surface area (Å²) in [6.07, 6.45) is -4.59. The Labute approximate surface area is 186 Å². The van der Waals surface area contributed by atoms with Gasteiger partial charge in [0.05, 0.1) is 17.8 Å². The maximum atomic E-state index is 13.1. The van der Waals surface area contributed by atoms with Crippen LogP contribution in [0.3, 0.4) is 0 Å². The number of rotatable bonds is 4. The van der Waals surface area contributed by atoms with Gasteiger partial charge in [0.1, 0.15) is 5.82 Å². The molecule has 12 heteroatoms. The molecule has 0 radical (unpaired) electrons. The lowest BCUT2D eigenvalue weighted by molar-refractivity contribution is -0.137. The molecule has 1 saturated heterocycles. The summed E-state index contributed by atoms with van der Waals surface area (Å²) in [6, 6.07) is 8.93. The van der Waals surface area contributed by atoms with Crippen LogP contribution in [-0.4, -0.2) is 60.4 Å². The highest BCUT2D eigenvalue weighted by molar-refractivity contribution is 5.95. The van der Waals surface area contributed by atoms with Crippen LogP contribution in [0.4, 0.5) is 28.0 Å². The topological polar surface area (TPSA) is 93.8 Å². The van der Waals surface area contributed by atoms with Gasteiger partial charge in [-0.05, 0) is 36.4 Å². The molecule has 2 aromatic carbocycles. The van der Waals surface area contributed by atoms with E-state index in [1.807, 2.05) is 0 Å². The number of hydrogen-bond acceptors (Lipinski definition) is 4. The molecule has 1 aliphatic rings. The summed E-state index contributed by atoms with van der Waals surface area (Å²) in [5.41, 5.74) is 3.42. The van der Waals surface area contributed by atoms with Gasteiger partial charge in [0.15, 0.2) is 0 Å². The van der Waals surface area contributed by atoms with Gasteiger partial charge < -0.3 is 10.2 Å². The van der Waals surface area contributed by atoms with Crippen LogP contribution in [0.25, 0.3) is 0 Å².